The van der Waals surface area contributed by atoms with Gasteiger partial charge in [0.25, 0.3) is 6.71 Å². The van der Waals surface area contributed by atoms with Crippen LogP contribution in [0.4, 0.5) is 51.2 Å². The average Bonchev–Trinajstić information content (AvgIpc) is 1.25. The van der Waals surface area contributed by atoms with Gasteiger partial charge < -0.3 is 14.7 Å². The SMILES string of the molecule is CC(C)(C)c1ccc(N2c3cccc4c3B(c3ccc(N(c5ccccc5)c5cccc6sc7ccccc7c56)cc3N4c3ccc(C(C)(C)C)cc3-c3ccc4ccc5cccc6ccc3c4c56)c3sc4ccc(C(C)(C)C)cc4c32)cc1. The van der Waals surface area contributed by atoms with E-state index in [9.17, 15) is 0 Å². The number of fused-ring (bicyclic) bond motifs is 9. The Hall–Kier alpha value is -8.68. The zero-order valence-electron chi connectivity index (χ0n) is 49.1. The summed E-state index contributed by atoms with van der Waals surface area (Å²) in [4.78, 5) is 7.79. The highest BCUT2D eigenvalue weighted by atomic mass is 32.1. The number of hydrogen-bond acceptors (Lipinski definition) is 5. The van der Waals surface area contributed by atoms with Crippen molar-refractivity contribution >= 4 is 159 Å². The predicted octanol–water partition coefficient (Wildman–Crippen LogP) is 21.3. The number of para-hydroxylation sites is 1. The molecular formula is C78H64BN3S2. The van der Waals surface area contributed by atoms with Crippen LogP contribution in [0, 0.1) is 0 Å². The van der Waals surface area contributed by atoms with Crippen molar-refractivity contribution in [2.24, 2.45) is 0 Å². The molecule has 84 heavy (non-hydrogen) atoms. The van der Waals surface area contributed by atoms with Gasteiger partial charge in [0.05, 0.1) is 17.1 Å². The number of nitrogens with zero attached hydrogens (tertiary/aromatic N) is 3. The summed E-state index contributed by atoms with van der Waals surface area (Å²) in [5.41, 5.74) is 19.4. The maximum absolute atomic E-state index is 2.66. The maximum atomic E-state index is 2.66. The lowest BCUT2D eigenvalue weighted by molar-refractivity contribution is 0.590. The minimum absolute atomic E-state index is 0.0113. The van der Waals surface area contributed by atoms with Crippen molar-refractivity contribution < 1.29 is 0 Å². The van der Waals surface area contributed by atoms with Crippen LogP contribution in [-0.2, 0) is 16.2 Å². The van der Waals surface area contributed by atoms with Crippen LogP contribution in [-0.4, -0.2) is 6.71 Å². The second-order valence-electron chi connectivity index (χ2n) is 26.5. The van der Waals surface area contributed by atoms with Crippen LogP contribution in [0.3, 0.4) is 0 Å². The molecule has 0 fully saturated rings. The molecule has 2 aliphatic rings. The fourth-order valence-electron chi connectivity index (χ4n) is 14.0. The molecule has 0 bridgehead atoms. The molecule has 0 atom stereocenters. The van der Waals surface area contributed by atoms with E-state index in [-0.39, 0.29) is 23.0 Å². The van der Waals surface area contributed by atoms with Crippen molar-refractivity contribution in [3.05, 3.63) is 241 Å². The van der Waals surface area contributed by atoms with Gasteiger partial charge in [-0.05, 0) is 173 Å². The van der Waals surface area contributed by atoms with E-state index in [1.165, 1.54) is 135 Å². The smallest absolute Gasteiger partial charge is 0.264 e. The van der Waals surface area contributed by atoms with Crippen molar-refractivity contribution in [2.75, 3.05) is 14.7 Å². The second kappa shape index (κ2) is 18.4. The first-order chi connectivity index (χ1) is 40.6. The summed E-state index contributed by atoms with van der Waals surface area (Å²) in [7, 11) is 0. The van der Waals surface area contributed by atoms with Gasteiger partial charge in [0, 0.05) is 74.7 Å². The number of anilines is 9. The molecule has 2 aromatic heterocycles. The van der Waals surface area contributed by atoms with Crippen LogP contribution in [0.1, 0.15) is 79.0 Å². The first kappa shape index (κ1) is 51.0. The van der Waals surface area contributed by atoms with Crippen molar-refractivity contribution in [1.82, 2.24) is 0 Å². The van der Waals surface area contributed by atoms with E-state index in [4.69, 9.17) is 0 Å². The quantitative estimate of drug-likeness (QED) is 0.121. The topological polar surface area (TPSA) is 9.72 Å². The van der Waals surface area contributed by atoms with E-state index in [1.807, 2.05) is 22.7 Å². The fraction of sp³-hybridized carbons (Fsp3) is 0.154. The number of rotatable bonds is 6. The second-order valence-corrected chi connectivity index (χ2v) is 28.7. The van der Waals surface area contributed by atoms with Crippen LogP contribution in [0.25, 0.3) is 73.7 Å². The highest BCUT2D eigenvalue weighted by Gasteiger charge is 2.46. The van der Waals surface area contributed by atoms with Crippen LogP contribution in [0.5, 0.6) is 0 Å². The van der Waals surface area contributed by atoms with Crippen molar-refractivity contribution in [2.45, 2.75) is 78.6 Å². The largest absolute Gasteiger partial charge is 0.311 e. The maximum Gasteiger partial charge on any atom is 0.264 e. The van der Waals surface area contributed by atoms with E-state index in [2.05, 4.69) is 301 Å². The Morgan fingerprint density at radius 1 is 0.369 bits per heavy atom. The van der Waals surface area contributed by atoms with Gasteiger partial charge in [0.2, 0.25) is 0 Å². The minimum atomic E-state index is -0.114. The van der Waals surface area contributed by atoms with Crippen LogP contribution < -0.4 is 30.4 Å². The molecule has 2 aliphatic heterocycles. The third kappa shape index (κ3) is 7.76. The molecule has 0 spiro atoms. The standard InChI is InChI=1S/C78H64BN3S2/c1-76(2,3)50-32-36-54(37-33-50)81-64-24-16-25-65-73(64)79(75-74(81)60-45-52(78(7,8)9)35-43-68(60)84-75)61-41-38-55(80(53-20-11-10-12-21-53)63-23-17-27-69-72(63)58-22-13-14-26-67(58)83-69)46-66(61)82(65)62-42-34-51(77(4,5)6)44-59(62)56-39-30-49-29-28-47-18-15-19-48-31-40-57(56)71(49)70(47)48/h10-46H,1-9H3. The summed E-state index contributed by atoms with van der Waals surface area (Å²) in [5, 5.41) is 11.6. The van der Waals surface area contributed by atoms with E-state index in [0.29, 0.717) is 0 Å². The Bertz CT molecular complexity index is 4970. The summed E-state index contributed by atoms with van der Waals surface area (Å²) in [6, 6.07) is 86.2. The van der Waals surface area contributed by atoms with Gasteiger partial charge in [-0.25, -0.2) is 0 Å². The molecule has 406 valence electrons. The molecule has 0 N–H and O–H groups in total. The predicted molar refractivity (Wildman–Crippen MR) is 369 cm³/mol. The average molecular weight is 1120 g/mol. The van der Waals surface area contributed by atoms with E-state index >= 15 is 0 Å². The lowest BCUT2D eigenvalue weighted by Crippen LogP contribution is -2.60. The van der Waals surface area contributed by atoms with Gasteiger partial charge in [0.1, 0.15) is 0 Å². The molecule has 0 saturated carbocycles. The molecule has 6 heteroatoms. The molecule has 0 aliphatic carbocycles. The first-order valence-corrected chi connectivity index (χ1v) is 31.3. The summed E-state index contributed by atoms with van der Waals surface area (Å²) >= 11 is 3.84. The number of benzene rings is 12. The molecule has 14 aromatic rings. The Kier molecular flexibility index (Phi) is 11.2. The highest BCUT2D eigenvalue weighted by Crippen LogP contribution is 2.53. The van der Waals surface area contributed by atoms with Gasteiger partial charge in [0.15, 0.2) is 0 Å². The molecule has 16 rings (SSSR count). The van der Waals surface area contributed by atoms with Gasteiger partial charge in [-0.2, -0.15) is 0 Å². The van der Waals surface area contributed by atoms with Crippen LogP contribution in [0.15, 0.2) is 224 Å². The van der Waals surface area contributed by atoms with Gasteiger partial charge in [-0.3, -0.25) is 0 Å². The third-order valence-electron chi connectivity index (χ3n) is 18.2. The Balaban J connectivity index is 1.02. The zero-order chi connectivity index (χ0) is 57.1. The normalized spacial score (nSPS) is 13.5. The molecule has 12 aromatic carbocycles. The third-order valence-corrected chi connectivity index (χ3v) is 20.6. The minimum Gasteiger partial charge on any atom is -0.311 e. The molecule has 0 unspecified atom stereocenters. The lowest BCUT2D eigenvalue weighted by Gasteiger charge is -2.44. The fourth-order valence-corrected chi connectivity index (χ4v) is 16.4. The molecular weight excluding hydrogens is 1050 g/mol. The highest BCUT2D eigenvalue weighted by molar-refractivity contribution is 7.33. The van der Waals surface area contributed by atoms with Gasteiger partial charge >= 0.3 is 0 Å². The summed E-state index contributed by atoms with van der Waals surface area (Å²) in [6.45, 7) is 20.9. The first-order valence-electron chi connectivity index (χ1n) is 29.7. The van der Waals surface area contributed by atoms with Crippen molar-refractivity contribution in [1.29, 1.82) is 0 Å². The Morgan fingerprint density at radius 3 is 1.75 bits per heavy atom. The van der Waals surface area contributed by atoms with E-state index in [1.54, 1.807) is 0 Å². The zero-order valence-corrected chi connectivity index (χ0v) is 50.7. The van der Waals surface area contributed by atoms with Gasteiger partial charge in [-0.15, -0.1) is 22.7 Å². The van der Waals surface area contributed by atoms with Crippen LogP contribution >= 0.6 is 22.7 Å². The lowest BCUT2D eigenvalue weighted by atomic mass is 9.36. The van der Waals surface area contributed by atoms with E-state index in [0.717, 1.165) is 22.7 Å². The summed E-state index contributed by atoms with van der Waals surface area (Å²) < 4.78 is 5.24. The van der Waals surface area contributed by atoms with Crippen molar-refractivity contribution in [3.8, 4) is 11.1 Å². The van der Waals surface area contributed by atoms with Crippen LogP contribution in [0.2, 0.25) is 0 Å². The Morgan fingerprint density at radius 2 is 0.988 bits per heavy atom. The van der Waals surface area contributed by atoms with Crippen molar-refractivity contribution in [3.63, 3.8) is 0 Å². The van der Waals surface area contributed by atoms with Gasteiger partial charge in [-0.1, -0.05) is 196 Å². The molecule has 0 amide bonds. The van der Waals surface area contributed by atoms with E-state index < -0.39 is 0 Å². The molecule has 3 nitrogen and oxygen atoms in total. The number of hydrogen-bond donors (Lipinski definition) is 0. The monoisotopic (exact) mass is 1120 g/mol. The molecule has 0 radical (unpaired) electrons. The number of thiophene rings is 2. The molecule has 0 saturated heterocycles. The summed E-state index contributed by atoms with van der Waals surface area (Å²) in [6.07, 6.45) is 0. The summed E-state index contributed by atoms with van der Waals surface area (Å²) in [5.74, 6) is 0. The molecule has 4 heterocycles. The Labute approximate surface area is 501 Å².